The van der Waals surface area contributed by atoms with Crippen LogP contribution in [0.15, 0.2) is 0 Å². The molecular weight excluding hydrogens is 230 g/mol. The summed E-state index contributed by atoms with van der Waals surface area (Å²) < 4.78 is 5.29. The van der Waals surface area contributed by atoms with Crippen LogP contribution in [-0.4, -0.2) is 48.8 Å². The number of aliphatic hydroxyl groups excluding tert-OH is 1. The number of hydrogen-bond donors (Lipinski definition) is 1. The summed E-state index contributed by atoms with van der Waals surface area (Å²) in [6, 6.07) is 0. The summed E-state index contributed by atoms with van der Waals surface area (Å²) in [4.78, 5) is 14.4. The van der Waals surface area contributed by atoms with Crippen LogP contribution in [0.5, 0.6) is 0 Å². The molecule has 0 bridgehead atoms. The van der Waals surface area contributed by atoms with Gasteiger partial charge >= 0.3 is 0 Å². The first kappa shape index (κ1) is 15.4. The van der Waals surface area contributed by atoms with Crippen molar-refractivity contribution in [1.82, 2.24) is 4.90 Å². The molecule has 0 aromatic carbocycles. The molecule has 1 N–H and O–H groups in total. The molecule has 1 aliphatic heterocycles. The van der Waals surface area contributed by atoms with Gasteiger partial charge < -0.3 is 14.7 Å². The lowest BCUT2D eigenvalue weighted by Crippen LogP contribution is -2.42. The fourth-order valence-corrected chi connectivity index (χ4v) is 2.86. The van der Waals surface area contributed by atoms with Crippen LogP contribution < -0.4 is 0 Å². The predicted molar refractivity (Wildman–Crippen MR) is 71.3 cm³/mol. The van der Waals surface area contributed by atoms with Crippen LogP contribution in [0.1, 0.15) is 40.5 Å². The number of methoxy groups -OCH3 is 1. The summed E-state index contributed by atoms with van der Waals surface area (Å²) in [7, 11) is 1.69. The number of amides is 1. The van der Waals surface area contributed by atoms with Gasteiger partial charge in [0.2, 0.25) is 5.91 Å². The summed E-state index contributed by atoms with van der Waals surface area (Å²) in [5.41, 5.74) is -0.658. The van der Waals surface area contributed by atoms with Gasteiger partial charge in [-0.2, -0.15) is 0 Å². The highest BCUT2D eigenvalue weighted by Crippen LogP contribution is 2.35. The molecule has 1 saturated heterocycles. The van der Waals surface area contributed by atoms with Crippen LogP contribution in [0.4, 0.5) is 0 Å². The van der Waals surface area contributed by atoms with Crippen LogP contribution in [0.2, 0.25) is 0 Å². The highest BCUT2D eigenvalue weighted by atomic mass is 16.5. The Kier molecular flexibility index (Phi) is 4.78. The van der Waals surface area contributed by atoms with E-state index in [2.05, 4.69) is 0 Å². The average Bonchev–Trinajstić information content (AvgIpc) is 2.75. The third-order valence-electron chi connectivity index (χ3n) is 3.69. The Bertz CT molecular complexity index is 299. The lowest BCUT2D eigenvalue weighted by atomic mass is 9.74. The van der Waals surface area contributed by atoms with Crippen molar-refractivity contribution in [1.29, 1.82) is 0 Å². The van der Waals surface area contributed by atoms with Crippen molar-refractivity contribution in [2.24, 2.45) is 10.8 Å². The molecule has 0 aliphatic carbocycles. The van der Waals surface area contributed by atoms with Gasteiger partial charge in [-0.05, 0) is 18.3 Å². The normalized spacial score (nSPS) is 21.4. The number of aliphatic hydroxyl groups is 1. The highest BCUT2D eigenvalue weighted by molar-refractivity contribution is 5.82. The molecule has 106 valence electrons. The van der Waals surface area contributed by atoms with Crippen molar-refractivity contribution in [3.63, 3.8) is 0 Å². The minimum atomic E-state index is -0.436. The van der Waals surface area contributed by atoms with E-state index < -0.39 is 5.41 Å². The van der Waals surface area contributed by atoms with Crippen molar-refractivity contribution in [3.05, 3.63) is 0 Å². The molecule has 1 rings (SSSR count). The SMILES string of the molecule is COC1CCN(C(=O)C(C)(C)CC(C)(C)CO)C1. The topological polar surface area (TPSA) is 49.8 Å². The van der Waals surface area contributed by atoms with Crippen LogP contribution in [0.25, 0.3) is 0 Å². The van der Waals surface area contributed by atoms with E-state index in [0.29, 0.717) is 13.0 Å². The minimum absolute atomic E-state index is 0.102. The highest BCUT2D eigenvalue weighted by Gasteiger charge is 2.39. The Morgan fingerprint density at radius 3 is 2.44 bits per heavy atom. The summed E-state index contributed by atoms with van der Waals surface area (Å²) in [6.45, 7) is 9.48. The molecule has 4 nitrogen and oxygen atoms in total. The number of likely N-dealkylation sites (tertiary alicyclic amines) is 1. The quantitative estimate of drug-likeness (QED) is 0.815. The van der Waals surface area contributed by atoms with E-state index in [4.69, 9.17) is 4.74 Å². The second-order valence-electron chi connectivity index (χ2n) is 6.78. The number of nitrogens with zero attached hydrogens (tertiary/aromatic N) is 1. The standard InChI is InChI=1S/C14H27NO3/c1-13(2,10-16)9-14(3,4)12(17)15-7-6-11(8-15)18-5/h11,16H,6-10H2,1-5H3. The number of carbonyl (C=O) groups is 1. The molecule has 0 aromatic rings. The lowest BCUT2D eigenvalue weighted by Gasteiger charge is -2.35. The molecule has 1 amide bonds. The van der Waals surface area contributed by atoms with Gasteiger partial charge in [-0.15, -0.1) is 0 Å². The van der Waals surface area contributed by atoms with E-state index in [1.54, 1.807) is 7.11 Å². The number of hydrogen-bond acceptors (Lipinski definition) is 3. The first-order chi connectivity index (χ1) is 8.22. The van der Waals surface area contributed by atoms with Gasteiger partial charge in [-0.1, -0.05) is 27.7 Å². The molecule has 4 heteroatoms. The first-order valence-electron chi connectivity index (χ1n) is 6.65. The second kappa shape index (κ2) is 5.57. The first-order valence-corrected chi connectivity index (χ1v) is 6.65. The van der Waals surface area contributed by atoms with E-state index >= 15 is 0 Å². The Morgan fingerprint density at radius 1 is 1.39 bits per heavy atom. The summed E-state index contributed by atoms with van der Waals surface area (Å²) in [6.07, 6.45) is 1.78. The fraction of sp³-hybridized carbons (Fsp3) is 0.929. The molecule has 1 fully saturated rings. The van der Waals surface area contributed by atoms with E-state index in [0.717, 1.165) is 13.0 Å². The molecular formula is C14H27NO3. The van der Waals surface area contributed by atoms with Crippen molar-refractivity contribution < 1.29 is 14.6 Å². The fourth-order valence-electron chi connectivity index (χ4n) is 2.86. The Morgan fingerprint density at radius 2 is 2.00 bits per heavy atom. The van der Waals surface area contributed by atoms with Gasteiger partial charge in [-0.3, -0.25) is 4.79 Å². The molecule has 0 aromatic heterocycles. The van der Waals surface area contributed by atoms with Crippen molar-refractivity contribution >= 4 is 5.91 Å². The second-order valence-corrected chi connectivity index (χ2v) is 6.78. The molecule has 0 saturated carbocycles. The van der Waals surface area contributed by atoms with Gasteiger partial charge in [0, 0.05) is 32.2 Å². The van der Waals surface area contributed by atoms with Gasteiger partial charge in [0.1, 0.15) is 0 Å². The number of ether oxygens (including phenoxy) is 1. The van der Waals surface area contributed by atoms with Gasteiger partial charge in [-0.25, -0.2) is 0 Å². The summed E-state index contributed by atoms with van der Waals surface area (Å²) in [5.74, 6) is 0.170. The Balaban J connectivity index is 2.65. The molecule has 1 unspecified atom stereocenters. The molecule has 1 atom stereocenters. The summed E-state index contributed by atoms with van der Waals surface area (Å²) >= 11 is 0. The largest absolute Gasteiger partial charge is 0.396 e. The van der Waals surface area contributed by atoms with Gasteiger partial charge in [0.05, 0.1) is 6.10 Å². The zero-order valence-corrected chi connectivity index (χ0v) is 12.3. The predicted octanol–water partition coefficient (Wildman–Crippen LogP) is 1.67. The number of carbonyl (C=O) groups excluding carboxylic acids is 1. The molecule has 1 heterocycles. The Hall–Kier alpha value is -0.610. The average molecular weight is 257 g/mol. The van der Waals surface area contributed by atoms with Crippen molar-refractivity contribution in [3.8, 4) is 0 Å². The van der Waals surface area contributed by atoms with Crippen LogP contribution >= 0.6 is 0 Å². The van der Waals surface area contributed by atoms with Gasteiger partial charge in [0.15, 0.2) is 0 Å². The molecule has 18 heavy (non-hydrogen) atoms. The van der Waals surface area contributed by atoms with E-state index in [9.17, 15) is 9.90 Å². The maximum absolute atomic E-state index is 12.5. The maximum atomic E-state index is 12.5. The third-order valence-corrected chi connectivity index (χ3v) is 3.69. The van der Waals surface area contributed by atoms with E-state index in [-0.39, 0.29) is 24.0 Å². The van der Waals surface area contributed by atoms with Crippen LogP contribution in [0, 0.1) is 10.8 Å². The zero-order chi connectivity index (χ0) is 14.0. The Labute approximate surface area is 110 Å². The smallest absolute Gasteiger partial charge is 0.228 e. The minimum Gasteiger partial charge on any atom is -0.396 e. The zero-order valence-electron chi connectivity index (χ0n) is 12.3. The lowest BCUT2D eigenvalue weighted by molar-refractivity contribution is -0.141. The molecule has 0 radical (unpaired) electrons. The van der Waals surface area contributed by atoms with Crippen molar-refractivity contribution in [2.45, 2.75) is 46.6 Å². The number of rotatable bonds is 5. The van der Waals surface area contributed by atoms with Gasteiger partial charge in [0.25, 0.3) is 0 Å². The molecule has 0 spiro atoms. The van der Waals surface area contributed by atoms with E-state index in [1.165, 1.54) is 0 Å². The van der Waals surface area contributed by atoms with E-state index in [1.807, 2.05) is 32.6 Å². The third kappa shape index (κ3) is 3.69. The molecule has 1 aliphatic rings. The van der Waals surface area contributed by atoms with Crippen molar-refractivity contribution in [2.75, 3.05) is 26.8 Å². The van der Waals surface area contributed by atoms with Crippen LogP contribution in [0.3, 0.4) is 0 Å². The van der Waals surface area contributed by atoms with Crippen LogP contribution in [-0.2, 0) is 9.53 Å². The summed E-state index contributed by atoms with van der Waals surface area (Å²) in [5, 5.41) is 9.34. The maximum Gasteiger partial charge on any atom is 0.228 e. The monoisotopic (exact) mass is 257 g/mol.